The van der Waals surface area contributed by atoms with Crippen molar-refractivity contribution in [3.63, 3.8) is 0 Å². The Morgan fingerprint density at radius 3 is 2.20 bits per heavy atom. The van der Waals surface area contributed by atoms with Crippen LogP contribution in [0.25, 0.3) is 0 Å². The number of nitrogens with zero attached hydrogens (tertiary/aromatic N) is 2. The van der Waals surface area contributed by atoms with Crippen LogP contribution in [0.4, 0.5) is 5.69 Å². The summed E-state index contributed by atoms with van der Waals surface area (Å²) in [4.78, 5) is 7.43. The lowest BCUT2D eigenvalue weighted by molar-refractivity contribution is 1.06. The summed E-state index contributed by atoms with van der Waals surface area (Å²) in [5, 5.41) is 0. The first-order valence-corrected chi connectivity index (χ1v) is 6.86. The van der Waals surface area contributed by atoms with Gasteiger partial charge in [-0.15, -0.1) is 12.6 Å². The van der Waals surface area contributed by atoms with Crippen LogP contribution in [-0.4, -0.2) is 19.9 Å². The van der Waals surface area contributed by atoms with Crippen LogP contribution in [0.2, 0.25) is 0 Å². The number of anilines is 1. The van der Waals surface area contributed by atoms with Crippen molar-refractivity contribution in [2.45, 2.75) is 11.4 Å². The number of aliphatic imine (C=N–C) groups is 1. The summed E-state index contributed by atoms with van der Waals surface area (Å²) in [5.74, 6) is 0.560. The first kappa shape index (κ1) is 14.5. The molecule has 0 aromatic heterocycles. The molecule has 0 aliphatic rings. The Kier molecular flexibility index (Phi) is 4.69. The van der Waals surface area contributed by atoms with Gasteiger partial charge in [0.15, 0.2) is 0 Å². The summed E-state index contributed by atoms with van der Waals surface area (Å²) < 4.78 is 0. The largest absolute Gasteiger partial charge is 0.383 e. The second-order valence-electron chi connectivity index (χ2n) is 4.81. The third kappa shape index (κ3) is 3.78. The molecule has 2 aromatic carbocycles. The predicted molar refractivity (Wildman–Crippen MR) is 88.9 cm³/mol. The normalized spacial score (nSPS) is 11.4. The fourth-order valence-corrected chi connectivity index (χ4v) is 1.95. The molecular formula is C16H19N3S. The topological polar surface area (TPSA) is 41.6 Å². The average Bonchev–Trinajstić information content (AvgIpc) is 2.46. The van der Waals surface area contributed by atoms with Gasteiger partial charge in [0.25, 0.3) is 0 Å². The van der Waals surface area contributed by atoms with Gasteiger partial charge in [0.1, 0.15) is 5.84 Å². The summed E-state index contributed by atoms with van der Waals surface area (Å²) in [6.45, 7) is 0.579. The highest BCUT2D eigenvalue weighted by Crippen LogP contribution is 2.13. The summed E-state index contributed by atoms with van der Waals surface area (Å²) in [6.07, 6.45) is 0. The van der Waals surface area contributed by atoms with Gasteiger partial charge in [-0.3, -0.25) is 4.99 Å². The highest BCUT2D eigenvalue weighted by atomic mass is 32.1. The molecule has 0 radical (unpaired) electrons. The van der Waals surface area contributed by atoms with E-state index in [1.54, 1.807) is 0 Å². The Balaban J connectivity index is 2.08. The summed E-state index contributed by atoms with van der Waals surface area (Å²) in [6, 6.07) is 16.0. The summed E-state index contributed by atoms with van der Waals surface area (Å²) >= 11 is 4.26. The van der Waals surface area contributed by atoms with Crippen molar-refractivity contribution in [3.05, 3.63) is 59.7 Å². The van der Waals surface area contributed by atoms with E-state index < -0.39 is 0 Å². The summed E-state index contributed by atoms with van der Waals surface area (Å²) in [5.41, 5.74) is 9.23. The van der Waals surface area contributed by atoms with E-state index in [2.05, 4.69) is 22.5 Å². The molecule has 0 spiro atoms. The zero-order valence-electron chi connectivity index (χ0n) is 11.7. The zero-order valence-corrected chi connectivity index (χ0v) is 12.6. The number of rotatable bonds is 4. The predicted octanol–water partition coefficient (Wildman–Crippen LogP) is 2.95. The van der Waals surface area contributed by atoms with E-state index in [-0.39, 0.29) is 0 Å². The van der Waals surface area contributed by atoms with Gasteiger partial charge in [-0.1, -0.05) is 12.1 Å². The van der Waals surface area contributed by atoms with E-state index >= 15 is 0 Å². The number of thiol groups is 1. The molecule has 0 unspecified atom stereocenters. The molecule has 0 fully saturated rings. The minimum atomic E-state index is 0.560. The molecule has 104 valence electrons. The number of benzene rings is 2. The first-order valence-electron chi connectivity index (χ1n) is 6.42. The highest BCUT2D eigenvalue weighted by molar-refractivity contribution is 7.80. The van der Waals surface area contributed by atoms with E-state index in [1.807, 2.05) is 62.6 Å². The molecule has 0 atom stereocenters. The van der Waals surface area contributed by atoms with Crippen LogP contribution in [0.1, 0.15) is 11.1 Å². The lowest BCUT2D eigenvalue weighted by Crippen LogP contribution is -2.14. The fraction of sp³-hybridized carbons (Fsp3) is 0.188. The van der Waals surface area contributed by atoms with E-state index in [9.17, 15) is 0 Å². The van der Waals surface area contributed by atoms with Gasteiger partial charge >= 0.3 is 0 Å². The smallest absolute Gasteiger partial charge is 0.125 e. The molecule has 2 aromatic rings. The minimum absolute atomic E-state index is 0.560. The standard InChI is InChI=1S/C16H19N3S/c1-19(2)14-7-5-13(6-8-14)16(17)18-11-12-3-9-15(20)10-4-12/h3-10,20H,11H2,1-2H3,(H2,17,18). The van der Waals surface area contributed by atoms with E-state index in [0.29, 0.717) is 12.4 Å². The number of nitrogens with two attached hydrogens (primary N) is 1. The SMILES string of the molecule is CN(C)c1ccc(C(N)=NCc2ccc(S)cc2)cc1. The van der Waals surface area contributed by atoms with Crippen molar-refractivity contribution in [3.8, 4) is 0 Å². The van der Waals surface area contributed by atoms with E-state index in [4.69, 9.17) is 5.73 Å². The van der Waals surface area contributed by atoms with Crippen LogP contribution in [-0.2, 0) is 6.54 Å². The van der Waals surface area contributed by atoms with Crippen LogP contribution in [0, 0.1) is 0 Å². The second kappa shape index (κ2) is 6.48. The fourth-order valence-electron chi connectivity index (χ4n) is 1.80. The Bertz CT molecular complexity index is 586. The molecule has 2 rings (SSSR count). The molecular weight excluding hydrogens is 266 g/mol. The van der Waals surface area contributed by atoms with Crippen molar-refractivity contribution < 1.29 is 0 Å². The molecule has 0 bridgehead atoms. The molecule has 0 aliphatic carbocycles. The van der Waals surface area contributed by atoms with Gasteiger partial charge < -0.3 is 10.6 Å². The average molecular weight is 285 g/mol. The quantitative estimate of drug-likeness (QED) is 0.515. The summed E-state index contributed by atoms with van der Waals surface area (Å²) in [7, 11) is 4.02. The maximum atomic E-state index is 6.02. The van der Waals surface area contributed by atoms with Crippen molar-refractivity contribution >= 4 is 24.2 Å². The molecule has 20 heavy (non-hydrogen) atoms. The van der Waals surface area contributed by atoms with Crippen LogP contribution in [0.3, 0.4) is 0 Å². The Morgan fingerprint density at radius 1 is 1.05 bits per heavy atom. The van der Waals surface area contributed by atoms with Gasteiger partial charge in [0.05, 0.1) is 6.54 Å². The van der Waals surface area contributed by atoms with Crippen LogP contribution >= 0.6 is 12.6 Å². The van der Waals surface area contributed by atoms with Crippen molar-refractivity contribution in [1.29, 1.82) is 0 Å². The molecule has 0 heterocycles. The second-order valence-corrected chi connectivity index (χ2v) is 5.33. The third-order valence-corrected chi connectivity index (χ3v) is 3.35. The van der Waals surface area contributed by atoms with E-state index in [0.717, 1.165) is 21.7 Å². The maximum absolute atomic E-state index is 6.02. The van der Waals surface area contributed by atoms with Gasteiger partial charge in [-0.05, 0) is 42.0 Å². The number of hydrogen-bond acceptors (Lipinski definition) is 3. The van der Waals surface area contributed by atoms with Crippen LogP contribution in [0.5, 0.6) is 0 Å². The Hall–Kier alpha value is -1.94. The van der Waals surface area contributed by atoms with Gasteiger partial charge in [-0.2, -0.15) is 0 Å². The Morgan fingerprint density at radius 2 is 1.65 bits per heavy atom. The Labute approximate surface area is 125 Å². The number of amidine groups is 1. The number of hydrogen-bond donors (Lipinski definition) is 2. The minimum Gasteiger partial charge on any atom is -0.383 e. The maximum Gasteiger partial charge on any atom is 0.125 e. The van der Waals surface area contributed by atoms with Crippen molar-refractivity contribution in [2.24, 2.45) is 10.7 Å². The lowest BCUT2D eigenvalue weighted by atomic mass is 10.2. The first-order chi connectivity index (χ1) is 9.56. The van der Waals surface area contributed by atoms with Crippen LogP contribution in [0.15, 0.2) is 58.4 Å². The monoisotopic (exact) mass is 285 g/mol. The molecule has 4 heteroatoms. The molecule has 3 nitrogen and oxygen atoms in total. The lowest BCUT2D eigenvalue weighted by Gasteiger charge is -2.12. The third-order valence-electron chi connectivity index (χ3n) is 3.05. The van der Waals surface area contributed by atoms with Crippen molar-refractivity contribution in [1.82, 2.24) is 0 Å². The van der Waals surface area contributed by atoms with Gasteiger partial charge in [0, 0.05) is 30.2 Å². The van der Waals surface area contributed by atoms with Crippen molar-refractivity contribution in [2.75, 3.05) is 19.0 Å². The molecule has 0 amide bonds. The molecule has 2 N–H and O–H groups in total. The van der Waals surface area contributed by atoms with Gasteiger partial charge in [0.2, 0.25) is 0 Å². The van der Waals surface area contributed by atoms with Crippen LogP contribution < -0.4 is 10.6 Å². The van der Waals surface area contributed by atoms with E-state index in [1.165, 1.54) is 0 Å². The highest BCUT2D eigenvalue weighted by Gasteiger charge is 2.00. The molecule has 0 saturated heterocycles. The zero-order chi connectivity index (χ0) is 14.5. The van der Waals surface area contributed by atoms with Gasteiger partial charge in [-0.25, -0.2) is 0 Å². The molecule has 0 saturated carbocycles. The molecule has 0 aliphatic heterocycles.